The van der Waals surface area contributed by atoms with Crippen LogP contribution in [-0.4, -0.2) is 0 Å². The number of hydrogen-bond donors (Lipinski definition) is 0. The molecule has 340 valence electrons. The van der Waals surface area contributed by atoms with E-state index < -0.39 is 0 Å². The Bertz CT molecular complexity index is 3310. The lowest BCUT2D eigenvalue weighted by Gasteiger charge is -2.28. The first-order chi connectivity index (χ1) is 33.7. The van der Waals surface area contributed by atoms with Gasteiger partial charge in [-0.15, -0.1) is 0 Å². The first kappa shape index (κ1) is 46.4. The highest BCUT2D eigenvalue weighted by atomic mass is 15.1. The van der Waals surface area contributed by atoms with E-state index in [1.165, 1.54) is 106 Å². The third kappa shape index (κ3) is 9.43. The van der Waals surface area contributed by atoms with Gasteiger partial charge >= 0.3 is 0 Å². The van der Waals surface area contributed by atoms with Gasteiger partial charge in [0.05, 0.1) is 0 Å². The fraction of sp³-hybridized carbons (Fsp3) is 0.147. The third-order valence-electron chi connectivity index (χ3n) is 13.9. The molecule has 0 heterocycles. The summed E-state index contributed by atoms with van der Waals surface area (Å²) in [6.07, 6.45) is 16.2. The Morgan fingerprint density at radius 1 is 0.522 bits per heavy atom. The molecule has 8 aromatic carbocycles. The normalized spacial score (nSPS) is 12.6. The van der Waals surface area contributed by atoms with Crippen molar-refractivity contribution < 1.29 is 0 Å². The number of nitrogens with zero attached hydrogens (tertiary/aromatic N) is 1. The summed E-state index contributed by atoms with van der Waals surface area (Å²) in [5, 5.41) is 0. The average Bonchev–Trinajstić information content (AvgIpc) is 3.72. The van der Waals surface area contributed by atoms with Gasteiger partial charge in [-0.3, -0.25) is 0 Å². The van der Waals surface area contributed by atoms with E-state index in [0.717, 1.165) is 41.9 Å². The van der Waals surface area contributed by atoms with Gasteiger partial charge in [-0.25, -0.2) is 0 Å². The first-order valence-electron chi connectivity index (χ1n) is 24.6. The number of allylic oxidation sites excluding steroid dienone is 7. The van der Waals surface area contributed by atoms with E-state index in [1.807, 2.05) is 0 Å². The smallest absolute Gasteiger partial charge is 0.0464 e. The number of aryl methyl sites for hydroxylation is 5. The minimum atomic E-state index is 0.990. The second-order valence-corrected chi connectivity index (χ2v) is 18.6. The van der Waals surface area contributed by atoms with Crippen molar-refractivity contribution in [3.63, 3.8) is 0 Å². The van der Waals surface area contributed by atoms with Crippen molar-refractivity contribution in [3.8, 4) is 55.6 Å². The zero-order valence-electron chi connectivity index (χ0n) is 41.4. The SMILES string of the molecule is C=CC1=C(CCC)Cc2c1cccc2-c1c(C)cccc1-c1ccc(-c2ccc(N(C(/C=C\C)=C/C=C/c3ccccc3)c3ccc(-c4cccc(C)c4-c4ccccc4C)cc3)cc2C)c(C)c1. The van der Waals surface area contributed by atoms with Crippen LogP contribution < -0.4 is 4.90 Å². The lowest BCUT2D eigenvalue weighted by atomic mass is 9.85. The van der Waals surface area contributed by atoms with Gasteiger partial charge in [0, 0.05) is 17.1 Å². The molecular formula is C68H63N. The van der Waals surface area contributed by atoms with Crippen LogP contribution >= 0.6 is 0 Å². The zero-order chi connectivity index (χ0) is 48.0. The van der Waals surface area contributed by atoms with Crippen LogP contribution in [0.3, 0.4) is 0 Å². The molecule has 0 radical (unpaired) electrons. The maximum absolute atomic E-state index is 4.23. The van der Waals surface area contributed by atoms with Crippen LogP contribution in [0.25, 0.3) is 67.3 Å². The molecule has 0 aliphatic heterocycles. The highest BCUT2D eigenvalue weighted by Crippen LogP contribution is 2.46. The summed E-state index contributed by atoms with van der Waals surface area (Å²) >= 11 is 0. The Hall–Kier alpha value is -7.74. The minimum absolute atomic E-state index is 0.990. The predicted octanol–water partition coefficient (Wildman–Crippen LogP) is 19.2. The molecule has 1 aliphatic rings. The molecule has 69 heavy (non-hydrogen) atoms. The molecule has 9 rings (SSSR count). The summed E-state index contributed by atoms with van der Waals surface area (Å²) in [4.78, 5) is 2.38. The highest BCUT2D eigenvalue weighted by Gasteiger charge is 2.25. The van der Waals surface area contributed by atoms with Gasteiger partial charge in [0.2, 0.25) is 0 Å². The molecule has 1 heteroatoms. The van der Waals surface area contributed by atoms with E-state index in [4.69, 9.17) is 0 Å². The van der Waals surface area contributed by atoms with Crippen LogP contribution in [0.1, 0.15) is 71.2 Å². The van der Waals surface area contributed by atoms with Crippen molar-refractivity contribution in [3.05, 3.63) is 263 Å². The second-order valence-electron chi connectivity index (χ2n) is 18.6. The lowest BCUT2D eigenvalue weighted by Crippen LogP contribution is -2.15. The van der Waals surface area contributed by atoms with Gasteiger partial charge in [0.25, 0.3) is 0 Å². The summed E-state index contributed by atoms with van der Waals surface area (Å²) in [6.45, 7) is 19.8. The Morgan fingerprint density at radius 2 is 1.09 bits per heavy atom. The summed E-state index contributed by atoms with van der Waals surface area (Å²) < 4.78 is 0. The van der Waals surface area contributed by atoms with E-state index >= 15 is 0 Å². The van der Waals surface area contributed by atoms with E-state index in [1.54, 1.807) is 0 Å². The quantitative estimate of drug-likeness (QED) is 0.0983. The topological polar surface area (TPSA) is 3.24 Å². The molecule has 0 fully saturated rings. The Morgan fingerprint density at radius 3 is 1.75 bits per heavy atom. The van der Waals surface area contributed by atoms with Crippen LogP contribution in [-0.2, 0) is 6.42 Å². The van der Waals surface area contributed by atoms with Crippen LogP contribution in [0.4, 0.5) is 11.4 Å². The van der Waals surface area contributed by atoms with Crippen LogP contribution in [0, 0.1) is 34.6 Å². The molecular weight excluding hydrogens is 831 g/mol. The second kappa shape index (κ2) is 20.6. The van der Waals surface area contributed by atoms with Gasteiger partial charge in [0.1, 0.15) is 0 Å². The van der Waals surface area contributed by atoms with Crippen LogP contribution in [0.5, 0.6) is 0 Å². The van der Waals surface area contributed by atoms with Crippen molar-refractivity contribution in [1.82, 2.24) is 0 Å². The van der Waals surface area contributed by atoms with Crippen molar-refractivity contribution in [2.45, 2.75) is 67.7 Å². The summed E-state index contributed by atoms with van der Waals surface area (Å²) in [7, 11) is 0. The van der Waals surface area contributed by atoms with Crippen molar-refractivity contribution in [2.24, 2.45) is 0 Å². The Balaban J connectivity index is 1.09. The molecule has 0 saturated heterocycles. The van der Waals surface area contributed by atoms with Crippen molar-refractivity contribution in [1.29, 1.82) is 0 Å². The van der Waals surface area contributed by atoms with Crippen molar-refractivity contribution >= 4 is 23.0 Å². The van der Waals surface area contributed by atoms with Gasteiger partial charge in [-0.2, -0.15) is 0 Å². The molecule has 0 aromatic heterocycles. The summed E-state index contributed by atoms with van der Waals surface area (Å²) in [5.41, 5.74) is 29.0. The predicted molar refractivity (Wildman–Crippen MR) is 300 cm³/mol. The van der Waals surface area contributed by atoms with Crippen molar-refractivity contribution in [2.75, 3.05) is 4.90 Å². The monoisotopic (exact) mass is 893 g/mol. The molecule has 8 aromatic rings. The van der Waals surface area contributed by atoms with Gasteiger partial charge < -0.3 is 4.90 Å². The van der Waals surface area contributed by atoms with Gasteiger partial charge in [-0.1, -0.05) is 195 Å². The summed E-state index contributed by atoms with van der Waals surface area (Å²) in [5.74, 6) is 0. The van der Waals surface area contributed by atoms with E-state index in [-0.39, 0.29) is 0 Å². The first-order valence-corrected chi connectivity index (χ1v) is 24.6. The zero-order valence-corrected chi connectivity index (χ0v) is 41.4. The highest BCUT2D eigenvalue weighted by molar-refractivity contribution is 5.94. The number of benzene rings is 8. The molecule has 0 unspecified atom stereocenters. The largest absolute Gasteiger partial charge is 0.311 e. The molecule has 0 amide bonds. The fourth-order valence-corrected chi connectivity index (χ4v) is 10.6. The third-order valence-corrected chi connectivity index (χ3v) is 13.9. The average molecular weight is 894 g/mol. The number of rotatable bonds is 14. The van der Waals surface area contributed by atoms with E-state index in [2.05, 4.69) is 266 Å². The van der Waals surface area contributed by atoms with Gasteiger partial charge in [0.15, 0.2) is 0 Å². The number of fused-ring (bicyclic) bond motifs is 1. The molecule has 0 saturated carbocycles. The number of hydrogen-bond acceptors (Lipinski definition) is 1. The molecule has 1 nitrogen and oxygen atoms in total. The molecule has 0 bridgehead atoms. The Kier molecular flexibility index (Phi) is 13.9. The molecule has 1 aliphatic carbocycles. The van der Waals surface area contributed by atoms with Gasteiger partial charge in [-0.05, 0) is 197 Å². The fourth-order valence-electron chi connectivity index (χ4n) is 10.6. The maximum atomic E-state index is 4.23. The number of anilines is 2. The minimum Gasteiger partial charge on any atom is -0.311 e. The molecule has 0 atom stereocenters. The van der Waals surface area contributed by atoms with E-state index in [0.29, 0.717) is 0 Å². The maximum Gasteiger partial charge on any atom is 0.0464 e. The Labute approximate surface area is 411 Å². The lowest BCUT2D eigenvalue weighted by molar-refractivity contribution is 0.885. The van der Waals surface area contributed by atoms with E-state index in [9.17, 15) is 0 Å². The summed E-state index contributed by atoms with van der Waals surface area (Å²) in [6, 6.07) is 62.5. The standard InChI is InChI=1S/C68H63N/c1-9-21-53-45-66-64(58(53)11-3)33-20-34-65(66)68-48(6)25-18-32-63(68)54-37-41-59(49(7)43-54)60-42-40-57(44-50(60)8)69(55(22-10-2)29-19-28-51-26-13-12-14-27-51)56-38-35-52(36-39-56)62-31-17-24-47(5)67(62)61-30-16-15-23-46(61)4/h10-20,22-44H,3,9,21,45H2,1-2,4-8H3/b22-10-,28-19+,55-29+. The van der Waals surface area contributed by atoms with Crippen LogP contribution in [0.2, 0.25) is 0 Å². The molecule has 0 spiro atoms. The van der Waals surface area contributed by atoms with Crippen LogP contribution in [0.15, 0.2) is 218 Å². The molecule has 0 N–H and O–H groups in total.